The van der Waals surface area contributed by atoms with E-state index in [9.17, 15) is 0 Å². The molecule has 1 aromatic carbocycles. The van der Waals surface area contributed by atoms with Gasteiger partial charge >= 0.3 is 0 Å². The van der Waals surface area contributed by atoms with Gasteiger partial charge in [0.15, 0.2) is 0 Å². The molecule has 0 radical (unpaired) electrons. The van der Waals surface area contributed by atoms with Crippen LogP contribution in [0.1, 0.15) is 5.56 Å². The molecule has 0 fully saturated rings. The highest BCUT2D eigenvalue weighted by Gasteiger charge is 1.97. The Balaban J connectivity index is 3.28. The fourth-order valence-electron chi connectivity index (χ4n) is 0.697. The Morgan fingerprint density at radius 2 is 1.80 bits per heavy atom. The van der Waals surface area contributed by atoms with E-state index in [1.807, 2.05) is 13.0 Å². The Morgan fingerprint density at radius 1 is 1.20 bits per heavy atom. The van der Waals surface area contributed by atoms with E-state index in [1.165, 1.54) is 0 Å². The standard InChI is InChI=1S/C7H9NS2/c1-4-2-7(10)5(8)3-6(4)9/h2-3,9-10H,8H2,1H3. The van der Waals surface area contributed by atoms with Gasteiger partial charge in [0, 0.05) is 15.5 Å². The molecule has 3 heteroatoms. The molecule has 1 nitrogen and oxygen atoms in total. The summed E-state index contributed by atoms with van der Waals surface area (Å²) in [7, 11) is 0. The molecule has 1 rings (SSSR count). The van der Waals surface area contributed by atoms with E-state index < -0.39 is 0 Å². The van der Waals surface area contributed by atoms with Crippen LogP contribution in [0.3, 0.4) is 0 Å². The molecule has 0 aliphatic carbocycles. The number of hydrogen-bond acceptors (Lipinski definition) is 3. The van der Waals surface area contributed by atoms with E-state index in [1.54, 1.807) is 6.07 Å². The molecule has 1 aromatic rings. The molecule has 2 N–H and O–H groups in total. The minimum Gasteiger partial charge on any atom is -0.398 e. The lowest BCUT2D eigenvalue weighted by molar-refractivity contribution is 1.26. The van der Waals surface area contributed by atoms with Crippen LogP contribution in [0.4, 0.5) is 5.69 Å². The minimum absolute atomic E-state index is 0.680. The van der Waals surface area contributed by atoms with E-state index in [0.29, 0.717) is 5.69 Å². The van der Waals surface area contributed by atoms with Crippen molar-refractivity contribution in [2.45, 2.75) is 16.7 Å². The van der Waals surface area contributed by atoms with Crippen molar-refractivity contribution < 1.29 is 0 Å². The van der Waals surface area contributed by atoms with Gasteiger partial charge in [-0.3, -0.25) is 0 Å². The van der Waals surface area contributed by atoms with Crippen molar-refractivity contribution in [1.29, 1.82) is 0 Å². The van der Waals surface area contributed by atoms with Gasteiger partial charge in [-0.25, -0.2) is 0 Å². The Labute approximate surface area is 71.4 Å². The van der Waals surface area contributed by atoms with Crippen LogP contribution in [0.25, 0.3) is 0 Å². The van der Waals surface area contributed by atoms with Crippen molar-refractivity contribution in [3.63, 3.8) is 0 Å². The summed E-state index contributed by atoms with van der Waals surface area (Å²) in [6, 6.07) is 3.71. The highest BCUT2D eigenvalue weighted by atomic mass is 32.1. The van der Waals surface area contributed by atoms with Crippen LogP contribution in [0.2, 0.25) is 0 Å². The van der Waals surface area contributed by atoms with Gasteiger partial charge in [0.25, 0.3) is 0 Å². The van der Waals surface area contributed by atoms with Gasteiger partial charge in [-0.2, -0.15) is 0 Å². The maximum absolute atomic E-state index is 5.56. The Bertz CT molecular complexity index is 208. The Kier molecular flexibility index (Phi) is 2.16. The third-order valence-corrected chi connectivity index (χ3v) is 2.21. The molecule has 54 valence electrons. The fourth-order valence-corrected chi connectivity index (χ4v) is 1.16. The van der Waals surface area contributed by atoms with Crippen LogP contribution in [-0.2, 0) is 0 Å². The summed E-state index contributed by atoms with van der Waals surface area (Å²) in [6.45, 7) is 1.97. The summed E-state index contributed by atoms with van der Waals surface area (Å²) in [6.07, 6.45) is 0. The summed E-state index contributed by atoms with van der Waals surface area (Å²) in [5, 5.41) is 0. The monoisotopic (exact) mass is 171 g/mol. The van der Waals surface area contributed by atoms with Gasteiger partial charge in [-0.05, 0) is 24.6 Å². The lowest BCUT2D eigenvalue weighted by Crippen LogP contribution is -1.88. The van der Waals surface area contributed by atoms with Gasteiger partial charge in [-0.1, -0.05) is 0 Å². The zero-order chi connectivity index (χ0) is 7.72. The van der Waals surface area contributed by atoms with Crippen LogP contribution < -0.4 is 5.73 Å². The van der Waals surface area contributed by atoms with Crippen molar-refractivity contribution >= 4 is 30.9 Å². The lowest BCUT2D eigenvalue weighted by atomic mass is 10.2. The van der Waals surface area contributed by atoms with Crippen LogP contribution in [0.15, 0.2) is 21.9 Å². The summed E-state index contributed by atoms with van der Waals surface area (Å²) in [4.78, 5) is 1.73. The van der Waals surface area contributed by atoms with Crippen molar-refractivity contribution in [1.82, 2.24) is 0 Å². The molecule has 0 saturated heterocycles. The summed E-state index contributed by atoms with van der Waals surface area (Å²) in [5.74, 6) is 0. The number of nitrogens with two attached hydrogens (primary N) is 1. The van der Waals surface area contributed by atoms with E-state index in [-0.39, 0.29) is 0 Å². The molecule has 0 amide bonds. The van der Waals surface area contributed by atoms with Crippen LogP contribution in [0.5, 0.6) is 0 Å². The van der Waals surface area contributed by atoms with Gasteiger partial charge in [0.05, 0.1) is 0 Å². The number of thiol groups is 2. The molecular weight excluding hydrogens is 162 g/mol. The molecule has 0 atom stereocenters. The van der Waals surface area contributed by atoms with E-state index in [4.69, 9.17) is 5.73 Å². The molecule has 0 aromatic heterocycles. The number of hydrogen-bond donors (Lipinski definition) is 3. The fraction of sp³-hybridized carbons (Fsp3) is 0.143. The van der Waals surface area contributed by atoms with E-state index in [2.05, 4.69) is 25.3 Å². The topological polar surface area (TPSA) is 26.0 Å². The van der Waals surface area contributed by atoms with Crippen LogP contribution in [0, 0.1) is 6.92 Å². The Morgan fingerprint density at radius 3 is 2.30 bits per heavy atom. The molecule has 0 aliphatic heterocycles. The van der Waals surface area contributed by atoms with Crippen molar-refractivity contribution in [3.8, 4) is 0 Å². The number of nitrogen functional groups attached to an aromatic ring is 1. The largest absolute Gasteiger partial charge is 0.398 e. The maximum atomic E-state index is 5.56. The van der Waals surface area contributed by atoms with Gasteiger partial charge in [-0.15, -0.1) is 25.3 Å². The van der Waals surface area contributed by atoms with Crippen LogP contribution in [-0.4, -0.2) is 0 Å². The molecule has 10 heavy (non-hydrogen) atoms. The average molecular weight is 171 g/mol. The lowest BCUT2D eigenvalue weighted by Gasteiger charge is -2.02. The van der Waals surface area contributed by atoms with E-state index in [0.717, 1.165) is 15.4 Å². The predicted octanol–water partition coefficient (Wildman–Crippen LogP) is 2.15. The van der Waals surface area contributed by atoms with Gasteiger partial charge in [0.1, 0.15) is 0 Å². The first kappa shape index (κ1) is 7.82. The molecule has 0 aliphatic rings. The van der Waals surface area contributed by atoms with Crippen molar-refractivity contribution in [2.75, 3.05) is 5.73 Å². The van der Waals surface area contributed by atoms with Gasteiger partial charge < -0.3 is 5.73 Å². The summed E-state index contributed by atoms with van der Waals surface area (Å²) < 4.78 is 0. The van der Waals surface area contributed by atoms with E-state index >= 15 is 0 Å². The first-order valence-electron chi connectivity index (χ1n) is 2.89. The van der Waals surface area contributed by atoms with Gasteiger partial charge in [0.2, 0.25) is 0 Å². The highest BCUT2D eigenvalue weighted by Crippen LogP contribution is 2.23. The minimum atomic E-state index is 0.680. The zero-order valence-electron chi connectivity index (χ0n) is 5.63. The quantitative estimate of drug-likeness (QED) is 0.405. The second-order valence-corrected chi connectivity index (χ2v) is 3.16. The smallest absolute Gasteiger partial charge is 0.0460 e. The average Bonchev–Trinajstić information content (AvgIpc) is 1.84. The summed E-state index contributed by atoms with van der Waals surface area (Å²) >= 11 is 8.36. The number of rotatable bonds is 0. The normalized spacial score (nSPS) is 9.90. The third kappa shape index (κ3) is 1.41. The maximum Gasteiger partial charge on any atom is 0.0460 e. The number of anilines is 1. The second-order valence-electron chi connectivity index (χ2n) is 2.20. The molecule has 0 unspecified atom stereocenters. The predicted molar refractivity (Wildman–Crippen MR) is 50.1 cm³/mol. The summed E-state index contributed by atoms with van der Waals surface area (Å²) in [5.41, 5.74) is 7.34. The molecule has 0 heterocycles. The van der Waals surface area contributed by atoms with Crippen molar-refractivity contribution in [2.24, 2.45) is 0 Å². The highest BCUT2D eigenvalue weighted by molar-refractivity contribution is 7.80. The molecule has 0 bridgehead atoms. The van der Waals surface area contributed by atoms with Crippen molar-refractivity contribution in [3.05, 3.63) is 17.7 Å². The Hall–Kier alpha value is -0.280. The number of aryl methyl sites for hydroxylation is 1. The second kappa shape index (κ2) is 2.76. The molecule has 0 saturated carbocycles. The number of benzene rings is 1. The SMILES string of the molecule is Cc1cc(S)c(N)cc1S. The first-order valence-corrected chi connectivity index (χ1v) is 3.79. The molecular formula is C7H9NS2. The van der Waals surface area contributed by atoms with Crippen LogP contribution >= 0.6 is 25.3 Å². The third-order valence-electron chi connectivity index (χ3n) is 1.35. The molecule has 0 spiro atoms. The zero-order valence-corrected chi connectivity index (χ0v) is 7.42. The first-order chi connectivity index (χ1) is 4.61.